The summed E-state index contributed by atoms with van der Waals surface area (Å²) in [6.45, 7) is 7.23. The van der Waals surface area contributed by atoms with Gasteiger partial charge in [-0.2, -0.15) is 0 Å². The van der Waals surface area contributed by atoms with Gasteiger partial charge in [-0.3, -0.25) is 4.79 Å². The van der Waals surface area contributed by atoms with Gasteiger partial charge in [-0.1, -0.05) is 32.0 Å². The van der Waals surface area contributed by atoms with Crippen LogP contribution in [-0.4, -0.2) is 28.2 Å². The van der Waals surface area contributed by atoms with Crippen molar-refractivity contribution < 1.29 is 9.90 Å². The van der Waals surface area contributed by atoms with E-state index in [9.17, 15) is 9.90 Å². The number of nitrogens with one attached hydrogen (secondary N) is 1. The van der Waals surface area contributed by atoms with E-state index in [1.165, 1.54) is 0 Å². The summed E-state index contributed by atoms with van der Waals surface area (Å²) in [5, 5.41) is 13.7. The predicted octanol–water partition coefficient (Wildman–Crippen LogP) is 2.80. The number of aliphatic hydroxyl groups excluding tert-OH is 1. The first-order chi connectivity index (χ1) is 10.0. The molecule has 0 saturated carbocycles. The summed E-state index contributed by atoms with van der Waals surface area (Å²) < 4.78 is 2.02. The number of carbonyl (C=O) groups is 1. The van der Waals surface area contributed by atoms with Crippen LogP contribution in [0.3, 0.4) is 0 Å². The Morgan fingerprint density at radius 1 is 1.33 bits per heavy atom. The first kappa shape index (κ1) is 15.6. The molecule has 0 aliphatic rings. The van der Waals surface area contributed by atoms with Crippen molar-refractivity contribution >= 4 is 16.8 Å². The van der Waals surface area contributed by atoms with Gasteiger partial charge in [0, 0.05) is 24.0 Å². The number of aromatic nitrogens is 1. The molecule has 2 rings (SSSR count). The van der Waals surface area contributed by atoms with Crippen molar-refractivity contribution in [2.24, 2.45) is 5.92 Å². The fourth-order valence-corrected chi connectivity index (χ4v) is 2.50. The van der Waals surface area contributed by atoms with Crippen LogP contribution in [0.4, 0.5) is 0 Å². The predicted molar refractivity (Wildman–Crippen MR) is 85.4 cm³/mol. The Morgan fingerprint density at radius 2 is 2.05 bits per heavy atom. The molecule has 21 heavy (non-hydrogen) atoms. The van der Waals surface area contributed by atoms with Gasteiger partial charge in [0.2, 0.25) is 0 Å². The van der Waals surface area contributed by atoms with Crippen molar-refractivity contribution in [3.05, 3.63) is 36.0 Å². The summed E-state index contributed by atoms with van der Waals surface area (Å²) in [6, 6.07) is 9.92. The number of hydrogen-bond acceptors (Lipinski definition) is 2. The van der Waals surface area contributed by atoms with E-state index in [1.807, 2.05) is 55.7 Å². The fraction of sp³-hybridized carbons (Fsp3) is 0.471. The second-order valence-corrected chi connectivity index (χ2v) is 5.69. The summed E-state index contributed by atoms with van der Waals surface area (Å²) in [6.07, 6.45) is 0.206. The van der Waals surface area contributed by atoms with Gasteiger partial charge in [-0.15, -0.1) is 0 Å². The maximum atomic E-state index is 12.3. The number of aliphatic hydroxyl groups is 1. The molecule has 0 bridgehead atoms. The lowest BCUT2D eigenvalue weighted by molar-refractivity contribution is 0.0912. The summed E-state index contributed by atoms with van der Waals surface area (Å²) in [7, 11) is 0. The van der Waals surface area contributed by atoms with Crippen LogP contribution in [0.5, 0.6) is 0 Å². The zero-order valence-electron chi connectivity index (χ0n) is 13.0. The zero-order valence-corrected chi connectivity index (χ0v) is 13.0. The molecule has 0 spiro atoms. The van der Waals surface area contributed by atoms with Crippen LogP contribution < -0.4 is 5.32 Å². The second-order valence-electron chi connectivity index (χ2n) is 5.69. The molecule has 1 amide bonds. The number of amides is 1. The number of hydrogen-bond donors (Lipinski definition) is 2. The topological polar surface area (TPSA) is 54.3 Å². The van der Waals surface area contributed by atoms with E-state index < -0.39 is 0 Å². The average molecular weight is 288 g/mol. The van der Waals surface area contributed by atoms with E-state index in [0.717, 1.165) is 17.4 Å². The van der Waals surface area contributed by atoms with Crippen LogP contribution in [0.2, 0.25) is 0 Å². The Labute approximate surface area is 125 Å². The minimum Gasteiger partial charge on any atom is -0.393 e. The maximum absolute atomic E-state index is 12.3. The molecular weight excluding hydrogens is 264 g/mol. The van der Waals surface area contributed by atoms with Gasteiger partial charge in [-0.25, -0.2) is 0 Å². The number of nitrogens with zero attached hydrogens (tertiary/aromatic N) is 1. The van der Waals surface area contributed by atoms with Gasteiger partial charge in [0.05, 0.1) is 6.10 Å². The number of benzene rings is 1. The minimum absolute atomic E-state index is 0.0796. The third-order valence-electron chi connectivity index (χ3n) is 3.85. The molecule has 1 aromatic carbocycles. The molecule has 2 aromatic rings. The lowest BCUT2D eigenvalue weighted by Crippen LogP contribution is -2.30. The highest BCUT2D eigenvalue weighted by Gasteiger charge is 2.15. The summed E-state index contributed by atoms with van der Waals surface area (Å²) in [5.41, 5.74) is 1.75. The maximum Gasteiger partial charge on any atom is 0.267 e. The van der Waals surface area contributed by atoms with Crippen LogP contribution >= 0.6 is 0 Å². The molecule has 1 aromatic heterocycles. The molecule has 4 heteroatoms. The van der Waals surface area contributed by atoms with Crippen molar-refractivity contribution in [1.29, 1.82) is 0 Å². The van der Waals surface area contributed by atoms with Gasteiger partial charge >= 0.3 is 0 Å². The molecule has 1 heterocycles. The second kappa shape index (κ2) is 6.76. The van der Waals surface area contributed by atoms with Crippen molar-refractivity contribution in [2.45, 2.75) is 39.8 Å². The lowest BCUT2D eigenvalue weighted by Gasteiger charge is -2.14. The monoisotopic (exact) mass is 288 g/mol. The Balaban J connectivity index is 2.09. The number of para-hydroxylation sites is 1. The number of fused-ring (bicyclic) bond motifs is 1. The number of aryl methyl sites for hydroxylation is 1. The lowest BCUT2D eigenvalue weighted by atomic mass is 10.0. The number of rotatable bonds is 6. The standard InChI is InChI=1S/C17H24N2O2/c1-4-19-14-8-6-5-7-13(14)11-15(19)17(21)18-10-9-16(20)12(2)3/h5-8,11-12,16,20H,4,9-10H2,1-3H3,(H,18,21). The van der Waals surface area contributed by atoms with Gasteiger partial charge < -0.3 is 15.0 Å². The van der Waals surface area contributed by atoms with Crippen molar-refractivity contribution in [3.63, 3.8) is 0 Å². The van der Waals surface area contributed by atoms with E-state index in [-0.39, 0.29) is 17.9 Å². The zero-order chi connectivity index (χ0) is 15.4. The third-order valence-corrected chi connectivity index (χ3v) is 3.85. The molecular formula is C17H24N2O2. The van der Waals surface area contributed by atoms with Gasteiger partial charge in [0.15, 0.2) is 0 Å². The van der Waals surface area contributed by atoms with Gasteiger partial charge in [0.1, 0.15) is 5.69 Å². The normalized spacial score (nSPS) is 12.8. The van der Waals surface area contributed by atoms with Crippen LogP contribution in [-0.2, 0) is 6.54 Å². The first-order valence-electron chi connectivity index (χ1n) is 7.59. The highest BCUT2D eigenvalue weighted by Crippen LogP contribution is 2.19. The van der Waals surface area contributed by atoms with Gasteiger partial charge in [0.25, 0.3) is 5.91 Å². The smallest absolute Gasteiger partial charge is 0.267 e. The molecule has 4 nitrogen and oxygen atoms in total. The molecule has 0 fully saturated rings. The van der Waals surface area contributed by atoms with Crippen LogP contribution in [0.15, 0.2) is 30.3 Å². The van der Waals surface area contributed by atoms with Crippen LogP contribution in [0.1, 0.15) is 37.7 Å². The minimum atomic E-state index is -0.373. The van der Waals surface area contributed by atoms with E-state index in [0.29, 0.717) is 18.7 Å². The summed E-state index contributed by atoms with van der Waals surface area (Å²) in [4.78, 5) is 12.3. The Kier molecular flexibility index (Phi) is 5.02. The molecule has 0 saturated heterocycles. The average Bonchev–Trinajstić information content (AvgIpc) is 2.85. The van der Waals surface area contributed by atoms with E-state index >= 15 is 0 Å². The molecule has 0 aliphatic carbocycles. The molecule has 1 unspecified atom stereocenters. The molecule has 114 valence electrons. The van der Waals surface area contributed by atoms with Crippen molar-refractivity contribution in [2.75, 3.05) is 6.54 Å². The summed E-state index contributed by atoms with van der Waals surface area (Å²) >= 11 is 0. The van der Waals surface area contributed by atoms with E-state index in [1.54, 1.807) is 0 Å². The molecule has 0 radical (unpaired) electrons. The molecule has 1 atom stereocenters. The molecule has 2 N–H and O–H groups in total. The van der Waals surface area contributed by atoms with Crippen molar-refractivity contribution in [3.8, 4) is 0 Å². The molecule has 0 aliphatic heterocycles. The van der Waals surface area contributed by atoms with Crippen LogP contribution in [0, 0.1) is 5.92 Å². The SMILES string of the molecule is CCn1c(C(=O)NCCC(O)C(C)C)cc2ccccc21. The fourth-order valence-electron chi connectivity index (χ4n) is 2.50. The van der Waals surface area contributed by atoms with E-state index in [2.05, 4.69) is 5.32 Å². The van der Waals surface area contributed by atoms with Crippen LogP contribution in [0.25, 0.3) is 10.9 Å². The van der Waals surface area contributed by atoms with E-state index in [4.69, 9.17) is 0 Å². The quantitative estimate of drug-likeness (QED) is 0.859. The first-order valence-corrected chi connectivity index (χ1v) is 7.59. The Hall–Kier alpha value is -1.81. The largest absolute Gasteiger partial charge is 0.393 e. The highest BCUT2D eigenvalue weighted by molar-refractivity contribution is 5.98. The van der Waals surface area contributed by atoms with Gasteiger partial charge in [-0.05, 0) is 31.4 Å². The third kappa shape index (κ3) is 3.45. The highest BCUT2D eigenvalue weighted by atomic mass is 16.3. The summed E-state index contributed by atoms with van der Waals surface area (Å²) in [5.74, 6) is 0.132. The Morgan fingerprint density at radius 3 is 2.71 bits per heavy atom. The van der Waals surface area contributed by atoms with Crippen molar-refractivity contribution in [1.82, 2.24) is 9.88 Å². The Bertz CT molecular complexity index is 616. The number of carbonyl (C=O) groups excluding carboxylic acids is 1.